The molecule has 0 saturated carbocycles. The lowest BCUT2D eigenvalue weighted by atomic mass is 9.96. The number of hydrogen-bond acceptors (Lipinski definition) is 3. The predicted octanol–water partition coefficient (Wildman–Crippen LogP) is 4.47. The Hall–Kier alpha value is -3.14. The van der Waals surface area contributed by atoms with Gasteiger partial charge in [0.05, 0.1) is 6.04 Å². The molecule has 4 aromatic rings. The summed E-state index contributed by atoms with van der Waals surface area (Å²) in [5.41, 5.74) is 4.69. The number of aromatic nitrogens is 3. The van der Waals surface area contributed by atoms with E-state index in [0.717, 1.165) is 22.6 Å². The number of rotatable bonds is 4. The molecule has 3 aromatic heterocycles. The van der Waals surface area contributed by atoms with E-state index in [4.69, 9.17) is 0 Å². The van der Waals surface area contributed by atoms with Crippen LogP contribution in [0, 0.1) is 6.92 Å². The number of para-hydroxylation sites is 1. The van der Waals surface area contributed by atoms with Gasteiger partial charge in [0.15, 0.2) is 0 Å². The van der Waals surface area contributed by atoms with Crippen LogP contribution in [0.25, 0.3) is 10.9 Å². The lowest BCUT2D eigenvalue weighted by molar-refractivity contribution is 0.917. The summed E-state index contributed by atoms with van der Waals surface area (Å²) >= 11 is 0. The highest BCUT2D eigenvalue weighted by atomic mass is 15.0. The number of aromatic amines is 1. The van der Waals surface area contributed by atoms with Gasteiger partial charge in [-0.05, 0) is 42.8 Å². The maximum absolute atomic E-state index is 4.43. The number of hydrogen-bond donors (Lipinski definition) is 2. The standard InChI is InChI=1S/C20H18N4/c1-14-19(16-6-2-3-7-17(16)23-14)20(15-9-12-21-13-10-15)24-18-8-4-5-11-22-18/h2-13,20,23H,1H3,(H,22,24). The minimum atomic E-state index is -0.000880. The van der Waals surface area contributed by atoms with Crippen molar-refractivity contribution in [2.45, 2.75) is 13.0 Å². The van der Waals surface area contributed by atoms with E-state index in [1.54, 1.807) is 6.20 Å². The molecular formula is C20H18N4. The summed E-state index contributed by atoms with van der Waals surface area (Å²) in [4.78, 5) is 12.1. The Morgan fingerprint density at radius 2 is 1.71 bits per heavy atom. The number of benzene rings is 1. The molecule has 0 aliphatic rings. The fourth-order valence-electron chi connectivity index (χ4n) is 3.14. The lowest BCUT2D eigenvalue weighted by Gasteiger charge is -2.20. The van der Waals surface area contributed by atoms with E-state index in [1.165, 1.54) is 10.9 Å². The number of anilines is 1. The molecule has 0 amide bonds. The zero-order valence-corrected chi connectivity index (χ0v) is 13.4. The second-order valence-electron chi connectivity index (χ2n) is 5.78. The van der Waals surface area contributed by atoms with Gasteiger partial charge in [-0.1, -0.05) is 24.3 Å². The number of aryl methyl sites for hydroxylation is 1. The van der Waals surface area contributed by atoms with E-state index in [-0.39, 0.29) is 6.04 Å². The van der Waals surface area contributed by atoms with E-state index in [1.807, 2.05) is 42.7 Å². The van der Waals surface area contributed by atoms with Crippen LogP contribution in [0.5, 0.6) is 0 Å². The first kappa shape index (κ1) is 14.5. The Kier molecular flexibility index (Phi) is 3.71. The van der Waals surface area contributed by atoms with Crippen molar-refractivity contribution in [3.63, 3.8) is 0 Å². The second kappa shape index (κ2) is 6.16. The number of fused-ring (bicyclic) bond motifs is 1. The van der Waals surface area contributed by atoms with Gasteiger partial charge in [0.2, 0.25) is 0 Å². The normalized spacial score (nSPS) is 12.2. The molecule has 0 radical (unpaired) electrons. The van der Waals surface area contributed by atoms with Crippen molar-refractivity contribution in [1.29, 1.82) is 0 Å². The molecule has 0 aliphatic heterocycles. The van der Waals surface area contributed by atoms with Gasteiger partial charge in [-0.3, -0.25) is 4.98 Å². The number of pyridine rings is 2. The van der Waals surface area contributed by atoms with Crippen molar-refractivity contribution in [2.75, 3.05) is 5.32 Å². The first-order valence-corrected chi connectivity index (χ1v) is 7.97. The van der Waals surface area contributed by atoms with Crippen LogP contribution >= 0.6 is 0 Å². The molecular weight excluding hydrogens is 296 g/mol. The lowest BCUT2D eigenvalue weighted by Crippen LogP contribution is -2.14. The van der Waals surface area contributed by atoms with Crippen LogP contribution in [0.2, 0.25) is 0 Å². The molecule has 1 aromatic carbocycles. The van der Waals surface area contributed by atoms with Crippen LogP contribution < -0.4 is 5.32 Å². The summed E-state index contributed by atoms with van der Waals surface area (Å²) in [6, 6.07) is 18.4. The largest absolute Gasteiger partial charge is 0.359 e. The molecule has 1 unspecified atom stereocenters. The molecule has 24 heavy (non-hydrogen) atoms. The molecule has 0 aliphatic carbocycles. The zero-order valence-electron chi connectivity index (χ0n) is 13.4. The Labute approximate surface area is 140 Å². The topological polar surface area (TPSA) is 53.6 Å². The zero-order chi connectivity index (χ0) is 16.4. The molecule has 0 saturated heterocycles. The van der Waals surface area contributed by atoms with Gasteiger partial charge in [-0.15, -0.1) is 0 Å². The minimum absolute atomic E-state index is 0.000880. The van der Waals surface area contributed by atoms with Gasteiger partial charge in [0, 0.05) is 40.8 Å². The molecule has 2 N–H and O–H groups in total. The summed E-state index contributed by atoms with van der Waals surface area (Å²) in [6.07, 6.45) is 5.45. The molecule has 4 nitrogen and oxygen atoms in total. The quantitative estimate of drug-likeness (QED) is 0.584. The van der Waals surface area contributed by atoms with E-state index in [0.29, 0.717) is 0 Å². The molecule has 0 fully saturated rings. The summed E-state index contributed by atoms with van der Waals surface area (Å²) in [7, 11) is 0. The van der Waals surface area contributed by atoms with Crippen LogP contribution in [0.15, 0.2) is 73.2 Å². The van der Waals surface area contributed by atoms with Crippen LogP contribution in [-0.2, 0) is 0 Å². The van der Waals surface area contributed by atoms with Gasteiger partial charge >= 0.3 is 0 Å². The number of H-pyrrole nitrogens is 1. The van der Waals surface area contributed by atoms with Crippen molar-refractivity contribution in [3.8, 4) is 0 Å². The summed E-state index contributed by atoms with van der Waals surface area (Å²) in [5.74, 6) is 0.851. The smallest absolute Gasteiger partial charge is 0.126 e. The van der Waals surface area contributed by atoms with Gasteiger partial charge in [0.1, 0.15) is 5.82 Å². The third-order valence-electron chi connectivity index (χ3n) is 4.23. The Morgan fingerprint density at radius 3 is 2.50 bits per heavy atom. The predicted molar refractivity (Wildman–Crippen MR) is 97.0 cm³/mol. The highest BCUT2D eigenvalue weighted by Crippen LogP contribution is 2.33. The number of nitrogens with one attached hydrogen (secondary N) is 2. The van der Waals surface area contributed by atoms with E-state index >= 15 is 0 Å². The maximum atomic E-state index is 4.43. The number of nitrogens with zero attached hydrogens (tertiary/aromatic N) is 2. The molecule has 1 atom stereocenters. The van der Waals surface area contributed by atoms with Crippen molar-refractivity contribution >= 4 is 16.7 Å². The third kappa shape index (κ3) is 2.63. The van der Waals surface area contributed by atoms with Crippen molar-refractivity contribution in [1.82, 2.24) is 15.0 Å². The van der Waals surface area contributed by atoms with Crippen molar-refractivity contribution in [2.24, 2.45) is 0 Å². The first-order valence-electron chi connectivity index (χ1n) is 7.97. The molecule has 4 heteroatoms. The molecule has 118 valence electrons. The Bertz CT molecular complexity index is 945. The van der Waals surface area contributed by atoms with Crippen LogP contribution in [0.3, 0.4) is 0 Å². The van der Waals surface area contributed by atoms with E-state index < -0.39 is 0 Å². The fraction of sp³-hybridized carbons (Fsp3) is 0.100. The van der Waals surface area contributed by atoms with Crippen LogP contribution in [0.1, 0.15) is 22.9 Å². The van der Waals surface area contributed by atoms with E-state index in [2.05, 4.69) is 51.5 Å². The Morgan fingerprint density at radius 1 is 0.917 bits per heavy atom. The summed E-state index contributed by atoms with van der Waals surface area (Å²) < 4.78 is 0. The summed E-state index contributed by atoms with van der Waals surface area (Å²) in [5, 5.41) is 4.79. The van der Waals surface area contributed by atoms with Gasteiger partial charge in [-0.25, -0.2) is 4.98 Å². The maximum Gasteiger partial charge on any atom is 0.126 e. The van der Waals surface area contributed by atoms with Gasteiger partial charge < -0.3 is 10.3 Å². The molecule has 0 spiro atoms. The third-order valence-corrected chi connectivity index (χ3v) is 4.23. The average molecular weight is 314 g/mol. The fourth-order valence-corrected chi connectivity index (χ4v) is 3.14. The summed E-state index contributed by atoms with van der Waals surface area (Å²) in [6.45, 7) is 2.11. The minimum Gasteiger partial charge on any atom is -0.359 e. The first-order chi connectivity index (χ1) is 11.8. The molecule has 4 rings (SSSR count). The highest BCUT2D eigenvalue weighted by molar-refractivity contribution is 5.86. The molecule has 3 heterocycles. The van der Waals surface area contributed by atoms with Crippen LogP contribution in [-0.4, -0.2) is 15.0 Å². The van der Waals surface area contributed by atoms with E-state index in [9.17, 15) is 0 Å². The average Bonchev–Trinajstić information content (AvgIpc) is 2.97. The SMILES string of the molecule is Cc1[nH]c2ccccc2c1C(Nc1ccccn1)c1ccncc1. The van der Waals surface area contributed by atoms with Crippen LogP contribution in [0.4, 0.5) is 5.82 Å². The molecule has 0 bridgehead atoms. The van der Waals surface area contributed by atoms with Crippen molar-refractivity contribution < 1.29 is 0 Å². The van der Waals surface area contributed by atoms with Gasteiger partial charge in [-0.2, -0.15) is 0 Å². The highest BCUT2D eigenvalue weighted by Gasteiger charge is 2.21. The monoisotopic (exact) mass is 314 g/mol. The van der Waals surface area contributed by atoms with Gasteiger partial charge in [0.25, 0.3) is 0 Å². The second-order valence-corrected chi connectivity index (χ2v) is 5.78. The Balaban J connectivity index is 1.87. The van der Waals surface area contributed by atoms with Crippen molar-refractivity contribution in [3.05, 3.63) is 90.0 Å².